The molecule has 0 radical (unpaired) electrons. The fraction of sp³-hybridized carbons (Fsp3) is 0.700. The molecule has 3 aliphatic rings. The molecule has 0 bridgehead atoms. The molecule has 3 fully saturated rings. The molecule has 0 aromatic carbocycles. The smallest absolute Gasteiger partial charge is 0.333 e. The quantitative estimate of drug-likeness (QED) is 0.479. The summed E-state index contributed by atoms with van der Waals surface area (Å²) in [7, 11) is 0. The molecule has 4 atom stereocenters. The van der Waals surface area contributed by atoms with Crippen molar-refractivity contribution in [3.63, 3.8) is 0 Å². The lowest BCUT2D eigenvalue weighted by Crippen LogP contribution is -2.58. The van der Waals surface area contributed by atoms with Crippen LogP contribution >= 0.6 is 0 Å². The van der Waals surface area contributed by atoms with Crippen LogP contribution in [0.2, 0.25) is 0 Å². The Kier molecular flexibility index (Phi) is 4.23. The minimum Gasteiger partial charge on any atom is -0.462 e. The molecule has 1 heterocycles. The lowest BCUT2D eigenvalue weighted by atomic mass is 9.46. The standard InChI is InChI=1S/C20H28O4/c1-12-14(7-6-13-8-11-24-18(13)23)20(4)10-5-9-19(2,3)17(20)16(22)15(12)21/h6,14-15,17,21H,1,5,7-11H2,2-4H3/b13-6+/t14?,15-,17+,20+/m1/s1. The number of allylic oxidation sites excluding steroid dienone is 1. The van der Waals surface area contributed by atoms with Crippen LogP contribution in [-0.2, 0) is 14.3 Å². The van der Waals surface area contributed by atoms with Gasteiger partial charge in [-0.1, -0.05) is 39.8 Å². The third kappa shape index (κ3) is 2.55. The molecule has 4 heteroatoms. The van der Waals surface area contributed by atoms with E-state index in [2.05, 4.69) is 27.4 Å². The van der Waals surface area contributed by atoms with Gasteiger partial charge in [-0.05, 0) is 41.6 Å². The van der Waals surface area contributed by atoms with Gasteiger partial charge in [-0.3, -0.25) is 4.79 Å². The summed E-state index contributed by atoms with van der Waals surface area (Å²) in [5.74, 6) is -0.469. The second-order valence-electron chi connectivity index (χ2n) is 8.56. The average Bonchev–Trinajstić information content (AvgIpc) is 2.89. The Labute approximate surface area is 144 Å². The van der Waals surface area contributed by atoms with E-state index in [-0.39, 0.29) is 34.4 Å². The summed E-state index contributed by atoms with van der Waals surface area (Å²) in [5.41, 5.74) is 0.988. The van der Waals surface area contributed by atoms with Gasteiger partial charge < -0.3 is 9.84 Å². The molecule has 3 rings (SSSR count). The van der Waals surface area contributed by atoms with Crippen molar-refractivity contribution in [1.29, 1.82) is 0 Å². The molecule has 4 nitrogen and oxygen atoms in total. The number of hydrogen-bond donors (Lipinski definition) is 1. The average molecular weight is 332 g/mol. The van der Waals surface area contributed by atoms with Crippen molar-refractivity contribution in [2.75, 3.05) is 6.61 Å². The van der Waals surface area contributed by atoms with Crippen molar-refractivity contribution in [3.05, 3.63) is 23.8 Å². The first kappa shape index (κ1) is 17.4. The fourth-order valence-corrected chi connectivity index (χ4v) is 5.46. The van der Waals surface area contributed by atoms with Gasteiger partial charge in [0.25, 0.3) is 0 Å². The van der Waals surface area contributed by atoms with Crippen LogP contribution in [0.3, 0.4) is 0 Å². The first-order valence-corrected chi connectivity index (χ1v) is 8.95. The van der Waals surface area contributed by atoms with Crippen LogP contribution < -0.4 is 0 Å². The van der Waals surface area contributed by atoms with Crippen LogP contribution in [0, 0.1) is 22.7 Å². The van der Waals surface area contributed by atoms with Crippen LogP contribution in [0.4, 0.5) is 0 Å². The highest BCUT2D eigenvalue weighted by molar-refractivity contribution is 5.91. The second-order valence-corrected chi connectivity index (χ2v) is 8.56. The van der Waals surface area contributed by atoms with E-state index >= 15 is 0 Å². The van der Waals surface area contributed by atoms with Crippen LogP contribution in [0.15, 0.2) is 23.8 Å². The number of Topliss-reactive ketones (excluding diaryl/α,β-unsaturated/α-hetero) is 1. The predicted octanol–water partition coefficient (Wildman–Crippen LogP) is 3.20. The van der Waals surface area contributed by atoms with Gasteiger partial charge in [0.15, 0.2) is 5.78 Å². The Bertz CT molecular complexity index is 615. The number of rotatable bonds is 2. The number of aliphatic hydroxyl groups excluding tert-OH is 1. The fourth-order valence-electron chi connectivity index (χ4n) is 5.46. The first-order valence-electron chi connectivity index (χ1n) is 8.95. The zero-order valence-electron chi connectivity index (χ0n) is 14.9. The summed E-state index contributed by atoms with van der Waals surface area (Å²) in [6.07, 6.45) is 5.17. The first-order chi connectivity index (χ1) is 11.2. The molecule has 1 saturated heterocycles. The van der Waals surface area contributed by atoms with E-state index < -0.39 is 6.10 Å². The molecular formula is C20H28O4. The number of carbonyl (C=O) groups is 2. The van der Waals surface area contributed by atoms with E-state index in [1.54, 1.807) is 0 Å². The summed E-state index contributed by atoms with van der Waals surface area (Å²) in [4.78, 5) is 24.5. The predicted molar refractivity (Wildman–Crippen MR) is 91.1 cm³/mol. The SMILES string of the molecule is C=C1C(C/C=C2\CCOC2=O)[C@]2(C)CCCC(C)(C)[C@@H]2C(=O)[C@@H]1O. The van der Waals surface area contributed by atoms with Gasteiger partial charge in [0, 0.05) is 17.9 Å². The number of aliphatic hydroxyl groups is 1. The summed E-state index contributed by atoms with van der Waals surface area (Å²) in [5, 5.41) is 10.5. The van der Waals surface area contributed by atoms with E-state index in [4.69, 9.17) is 4.74 Å². The maximum absolute atomic E-state index is 12.8. The number of hydrogen-bond acceptors (Lipinski definition) is 4. The van der Waals surface area contributed by atoms with E-state index in [1.165, 1.54) is 0 Å². The lowest BCUT2D eigenvalue weighted by molar-refractivity contribution is -0.153. The van der Waals surface area contributed by atoms with Gasteiger partial charge in [-0.2, -0.15) is 0 Å². The molecule has 0 amide bonds. The number of carbonyl (C=O) groups excluding carboxylic acids is 2. The normalized spacial score (nSPS) is 40.6. The zero-order valence-corrected chi connectivity index (χ0v) is 14.9. The molecule has 0 aromatic heterocycles. The molecule has 1 unspecified atom stereocenters. The summed E-state index contributed by atoms with van der Waals surface area (Å²) in [6.45, 7) is 11.0. The summed E-state index contributed by atoms with van der Waals surface area (Å²) >= 11 is 0. The van der Waals surface area contributed by atoms with Crippen LogP contribution in [0.1, 0.15) is 52.9 Å². The third-order valence-corrected chi connectivity index (χ3v) is 6.59. The van der Waals surface area contributed by atoms with Crippen molar-refractivity contribution < 1.29 is 19.4 Å². The van der Waals surface area contributed by atoms with E-state index in [1.807, 2.05) is 6.08 Å². The lowest BCUT2D eigenvalue weighted by Gasteiger charge is -2.57. The highest BCUT2D eigenvalue weighted by Crippen LogP contribution is 2.60. The zero-order chi connectivity index (χ0) is 17.7. The number of ether oxygens (including phenoxy) is 1. The van der Waals surface area contributed by atoms with E-state index in [9.17, 15) is 14.7 Å². The van der Waals surface area contributed by atoms with Gasteiger partial charge in [0.2, 0.25) is 0 Å². The van der Waals surface area contributed by atoms with E-state index in [0.717, 1.165) is 19.3 Å². The van der Waals surface area contributed by atoms with Gasteiger partial charge in [-0.25, -0.2) is 4.79 Å². The van der Waals surface area contributed by atoms with Crippen LogP contribution in [0.25, 0.3) is 0 Å². The molecular weight excluding hydrogens is 304 g/mol. The Morgan fingerprint density at radius 1 is 1.29 bits per heavy atom. The van der Waals surface area contributed by atoms with Crippen molar-refractivity contribution in [3.8, 4) is 0 Å². The van der Waals surface area contributed by atoms with Gasteiger partial charge >= 0.3 is 5.97 Å². The van der Waals surface area contributed by atoms with Gasteiger partial charge in [0.05, 0.1) is 6.61 Å². The largest absolute Gasteiger partial charge is 0.462 e. The maximum atomic E-state index is 12.8. The van der Waals surface area contributed by atoms with Crippen molar-refractivity contribution in [2.24, 2.45) is 22.7 Å². The van der Waals surface area contributed by atoms with Crippen molar-refractivity contribution in [1.82, 2.24) is 0 Å². The minimum absolute atomic E-state index is 0.00988. The molecule has 2 aliphatic carbocycles. The van der Waals surface area contributed by atoms with Crippen molar-refractivity contribution >= 4 is 11.8 Å². The molecule has 132 valence electrons. The second kappa shape index (κ2) is 5.83. The van der Waals surface area contributed by atoms with Crippen LogP contribution in [-0.4, -0.2) is 29.6 Å². The van der Waals surface area contributed by atoms with Gasteiger partial charge in [0.1, 0.15) is 6.10 Å². The Morgan fingerprint density at radius 3 is 2.62 bits per heavy atom. The Balaban J connectivity index is 1.95. The minimum atomic E-state index is -1.08. The van der Waals surface area contributed by atoms with Crippen molar-refractivity contribution in [2.45, 2.75) is 59.0 Å². The Morgan fingerprint density at radius 2 is 2.00 bits per heavy atom. The third-order valence-electron chi connectivity index (χ3n) is 6.59. The maximum Gasteiger partial charge on any atom is 0.333 e. The highest BCUT2D eigenvalue weighted by Gasteiger charge is 2.59. The molecule has 0 aromatic rings. The van der Waals surface area contributed by atoms with Crippen LogP contribution in [0.5, 0.6) is 0 Å². The van der Waals surface area contributed by atoms with E-state index in [0.29, 0.717) is 30.6 Å². The number of fused-ring (bicyclic) bond motifs is 1. The molecule has 2 saturated carbocycles. The molecule has 24 heavy (non-hydrogen) atoms. The highest BCUT2D eigenvalue weighted by atomic mass is 16.5. The topological polar surface area (TPSA) is 63.6 Å². The monoisotopic (exact) mass is 332 g/mol. The summed E-state index contributed by atoms with van der Waals surface area (Å²) in [6, 6.07) is 0. The number of esters is 1. The number of ketones is 1. The molecule has 0 spiro atoms. The molecule has 1 N–H and O–H groups in total. The number of cyclic esters (lactones) is 1. The molecule has 1 aliphatic heterocycles. The van der Waals surface area contributed by atoms with Gasteiger partial charge in [-0.15, -0.1) is 0 Å². The Hall–Kier alpha value is -1.42. The summed E-state index contributed by atoms with van der Waals surface area (Å²) < 4.78 is 5.00.